The van der Waals surface area contributed by atoms with E-state index in [4.69, 9.17) is 18.9 Å². The molecule has 0 radical (unpaired) electrons. The molecule has 0 aromatic heterocycles. The number of benzene rings is 3. The number of methoxy groups -OCH3 is 1. The van der Waals surface area contributed by atoms with E-state index in [-0.39, 0.29) is 11.1 Å². The van der Waals surface area contributed by atoms with Gasteiger partial charge in [0.25, 0.3) is 0 Å². The van der Waals surface area contributed by atoms with E-state index in [1.807, 2.05) is 30.3 Å². The Morgan fingerprint density at radius 2 is 1.22 bits per heavy atom. The fourth-order valence-corrected chi connectivity index (χ4v) is 4.76. The maximum atomic E-state index is 13.0. The van der Waals surface area contributed by atoms with Crippen LogP contribution in [0.3, 0.4) is 0 Å². The second-order valence-corrected chi connectivity index (χ2v) is 9.01. The molecule has 1 N–H and O–H groups in total. The third-order valence-electron chi connectivity index (χ3n) is 5.45. The minimum absolute atomic E-state index is 0.228. The fourth-order valence-electron chi connectivity index (χ4n) is 3.65. The molecule has 0 amide bonds. The van der Waals surface area contributed by atoms with Crippen LogP contribution in [0.15, 0.2) is 95.9 Å². The van der Waals surface area contributed by atoms with Crippen LogP contribution in [-0.2, 0) is 23.7 Å². The van der Waals surface area contributed by atoms with Crippen LogP contribution in [0.1, 0.15) is 20.7 Å². The van der Waals surface area contributed by atoms with Crippen LogP contribution >= 0.6 is 11.8 Å². The van der Waals surface area contributed by atoms with Gasteiger partial charge in [0.2, 0.25) is 0 Å². The van der Waals surface area contributed by atoms with Gasteiger partial charge in [-0.2, -0.15) is 0 Å². The summed E-state index contributed by atoms with van der Waals surface area (Å²) in [6.07, 6.45) is -5.82. The molecule has 8 nitrogen and oxygen atoms in total. The number of hydrogen-bond acceptors (Lipinski definition) is 9. The van der Waals surface area contributed by atoms with Gasteiger partial charge in [-0.25, -0.2) is 14.4 Å². The van der Waals surface area contributed by atoms with Gasteiger partial charge in [-0.1, -0.05) is 66.4 Å². The van der Waals surface area contributed by atoms with E-state index in [1.165, 1.54) is 0 Å². The number of carbonyl (C=O) groups excluding carboxylic acids is 3. The molecule has 36 heavy (non-hydrogen) atoms. The van der Waals surface area contributed by atoms with E-state index in [0.29, 0.717) is 0 Å². The van der Waals surface area contributed by atoms with Crippen molar-refractivity contribution in [1.29, 1.82) is 0 Å². The predicted octanol–water partition coefficient (Wildman–Crippen LogP) is 3.49. The van der Waals surface area contributed by atoms with Gasteiger partial charge < -0.3 is 24.1 Å². The van der Waals surface area contributed by atoms with Gasteiger partial charge in [0.05, 0.1) is 18.2 Å². The Balaban J connectivity index is 1.70. The van der Waals surface area contributed by atoms with Crippen LogP contribution in [0.5, 0.6) is 0 Å². The largest absolute Gasteiger partial charge is 0.467 e. The smallest absolute Gasteiger partial charge is 0.338 e. The van der Waals surface area contributed by atoms with Gasteiger partial charge in [-0.15, -0.1) is 0 Å². The highest BCUT2D eigenvalue weighted by Gasteiger charge is 2.53. The first kappa shape index (κ1) is 25.4. The van der Waals surface area contributed by atoms with Gasteiger partial charge in [0.15, 0.2) is 18.3 Å². The summed E-state index contributed by atoms with van der Waals surface area (Å²) in [6, 6.07) is 25.5. The number of esters is 3. The zero-order valence-corrected chi connectivity index (χ0v) is 20.1. The van der Waals surface area contributed by atoms with E-state index in [9.17, 15) is 19.5 Å². The third-order valence-corrected chi connectivity index (χ3v) is 6.61. The zero-order chi connectivity index (χ0) is 25.5. The normalized spacial score (nSPS) is 23.3. The molecule has 5 atom stereocenters. The maximum Gasteiger partial charge on any atom is 0.338 e. The molecular weight excluding hydrogens is 484 g/mol. The van der Waals surface area contributed by atoms with Crippen molar-refractivity contribution >= 4 is 29.7 Å². The molecule has 4 rings (SSSR count). The molecule has 1 saturated heterocycles. The van der Waals surface area contributed by atoms with Crippen LogP contribution in [0.2, 0.25) is 0 Å². The second kappa shape index (κ2) is 11.9. The van der Waals surface area contributed by atoms with Crippen LogP contribution < -0.4 is 0 Å². The predicted molar refractivity (Wildman–Crippen MR) is 130 cm³/mol. The van der Waals surface area contributed by atoms with Gasteiger partial charge in [-0.3, -0.25) is 0 Å². The van der Waals surface area contributed by atoms with Crippen molar-refractivity contribution in [2.45, 2.75) is 34.7 Å². The summed E-state index contributed by atoms with van der Waals surface area (Å²) in [7, 11) is 1.16. The summed E-state index contributed by atoms with van der Waals surface area (Å²) in [5.74, 6) is -2.31. The lowest BCUT2D eigenvalue weighted by molar-refractivity contribution is -0.211. The van der Waals surface area contributed by atoms with Crippen molar-refractivity contribution in [3.05, 3.63) is 102 Å². The molecular formula is C27H24O8S. The van der Waals surface area contributed by atoms with Crippen molar-refractivity contribution < 1.29 is 38.4 Å². The zero-order valence-electron chi connectivity index (χ0n) is 19.3. The number of thioether (sulfide) groups is 1. The number of aliphatic hydroxyl groups excluding tert-OH is 1. The maximum absolute atomic E-state index is 13.0. The minimum Gasteiger partial charge on any atom is -0.467 e. The molecule has 1 fully saturated rings. The van der Waals surface area contributed by atoms with Crippen LogP contribution in [0.25, 0.3) is 0 Å². The fraction of sp³-hybridized carbons (Fsp3) is 0.222. The number of rotatable bonds is 7. The van der Waals surface area contributed by atoms with Crippen molar-refractivity contribution in [2.75, 3.05) is 7.11 Å². The molecule has 3 aromatic carbocycles. The Morgan fingerprint density at radius 3 is 1.72 bits per heavy atom. The first-order valence-corrected chi connectivity index (χ1v) is 12.0. The van der Waals surface area contributed by atoms with E-state index in [0.717, 1.165) is 23.8 Å². The second-order valence-electron chi connectivity index (χ2n) is 7.84. The molecule has 9 heteroatoms. The SMILES string of the molecule is COC(=O)C1O[C@H](Sc2ccccc2)[C@@H](OC(=O)c2ccccc2)[C@@H](OC(=O)c2ccccc2)C1O. The molecule has 1 aliphatic rings. The number of carbonyl (C=O) groups is 3. The summed E-state index contributed by atoms with van der Waals surface area (Å²) in [4.78, 5) is 39.1. The highest BCUT2D eigenvalue weighted by Crippen LogP contribution is 2.37. The van der Waals surface area contributed by atoms with E-state index < -0.39 is 47.8 Å². The van der Waals surface area contributed by atoms with Crippen molar-refractivity contribution in [3.63, 3.8) is 0 Å². The first-order chi connectivity index (χ1) is 17.5. The van der Waals surface area contributed by atoms with Crippen LogP contribution in [0.4, 0.5) is 0 Å². The lowest BCUT2D eigenvalue weighted by Gasteiger charge is -2.42. The lowest BCUT2D eigenvalue weighted by atomic mass is 9.99. The van der Waals surface area contributed by atoms with Crippen molar-refractivity contribution in [2.24, 2.45) is 0 Å². The quantitative estimate of drug-likeness (QED) is 0.379. The molecule has 2 unspecified atom stereocenters. The Kier molecular flexibility index (Phi) is 8.37. The van der Waals surface area contributed by atoms with Gasteiger partial charge in [0, 0.05) is 4.90 Å². The first-order valence-electron chi connectivity index (χ1n) is 11.1. The third kappa shape index (κ3) is 5.93. The molecule has 0 saturated carbocycles. The monoisotopic (exact) mass is 508 g/mol. The van der Waals surface area contributed by atoms with E-state index in [2.05, 4.69) is 0 Å². The molecule has 0 spiro atoms. The standard InChI is InChI=1S/C27H24O8S/c1-32-26(31)22-20(28)21(33-24(29)17-11-5-2-6-12-17)23(34-25(30)18-13-7-3-8-14-18)27(35-22)36-19-15-9-4-10-16-19/h2-16,20-23,27-28H,1H3/t20?,21-,22?,23-,27+/m0/s1. The summed E-state index contributed by atoms with van der Waals surface area (Å²) in [6.45, 7) is 0. The molecule has 0 bridgehead atoms. The number of ether oxygens (including phenoxy) is 4. The highest BCUT2D eigenvalue weighted by molar-refractivity contribution is 7.99. The average Bonchev–Trinajstić information content (AvgIpc) is 2.93. The average molecular weight is 509 g/mol. The van der Waals surface area contributed by atoms with E-state index in [1.54, 1.807) is 60.7 Å². The molecule has 1 heterocycles. The molecule has 0 aliphatic carbocycles. The Hall–Kier alpha value is -3.66. The lowest BCUT2D eigenvalue weighted by Crippen LogP contribution is -2.61. The van der Waals surface area contributed by atoms with Crippen molar-refractivity contribution in [1.82, 2.24) is 0 Å². The Labute approximate surface area is 212 Å². The number of hydrogen-bond donors (Lipinski definition) is 1. The Bertz CT molecular complexity index is 1170. The van der Waals surface area contributed by atoms with E-state index >= 15 is 0 Å². The summed E-state index contributed by atoms with van der Waals surface area (Å²) >= 11 is 1.16. The molecule has 3 aromatic rings. The topological polar surface area (TPSA) is 108 Å². The molecule has 186 valence electrons. The molecule has 1 aliphatic heterocycles. The van der Waals surface area contributed by atoms with Gasteiger partial charge >= 0.3 is 17.9 Å². The minimum atomic E-state index is -1.66. The highest BCUT2D eigenvalue weighted by atomic mass is 32.2. The van der Waals surface area contributed by atoms with Crippen LogP contribution in [0, 0.1) is 0 Å². The Morgan fingerprint density at radius 1 is 0.750 bits per heavy atom. The summed E-state index contributed by atoms with van der Waals surface area (Å²) < 4.78 is 22.1. The van der Waals surface area contributed by atoms with Crippen LogP contribution in [-0.4, -0.2) is 60.0 Å². The number of aliphatic hydroxyl groups is 1. The van der Waals surface area contributed by atoms with Gasteiger partial charge in [-0.05, 0) is 36.4 Å². The summed E-state index contributed by atoms with van der Waals surface area (Å²) in [5, 5.41) is 11.1. The van der Waals surface area contributed by atoms with Crippen molar-refractivity contribution in [3.8, 4) is 0 Å². The summed E-state index contributed by atoms with van der Waals surface area (Å²) in [5.41, 5.74) is -0.522. The van der Waals surface area contributed by atoms with Gasteiger partial charge in [0.1, 0.15) is 11.5 Å².